The Morgan fingerprint density at radius 1 is 0.205 bits per heavy atom. The molecule has 0 amide bonds. The van der Waals surface area contributed by atoms with Gasteiger partial charge >= 0.3 is 7.12 Å². The number of halogens is 1. The van der Waals surface area contributed by atoms with Crippen LogP contribution < -0.4 is 5.46 Å². The Bertz CT molecular complexity index is 8950. The van der Waals surface area contributed by atoms with Crippen LogP contribution in [0.2, 0.25) is 0 Å². The Hall–Kier alpha value is -14.4. The molecule has 27 rings (SSSR count). The van der Waals surface area contributed by atoms with Crippen LogP contribution in [0, 0.1) is 0 Å². The minimum Gasteiger partial charge on any atom is -0.399 e. The second kappa shape index (κ2) is 32.0. The van der Waals surface area contributed by atoms with Crippen molar-refractivity contribution in [1.82, 2.24) is 27.4 Å². The molecule has 1 saturated heterocycles. The highest BCUT2D eigenvalue weighted by molar-refractivity contribution is 9.10. The van der Waals surface area contributed by atoms with E-state index in [4.69, 9.17) is 9.31 Å². The molecule has 630 valence electrons. The number of rotatable bonds is 12. The van der Waals surface area contributed by atoms with E-state index in [1.807, 2.05) is 51.4 Å². The van der Waals surface area contributed by atoms with Gasteiger partial charge in [-0.25, -0.2) is 0 Å². The summed E-state index contributed by atoms with van der Waals surface area (Å²) in [5.41, 5.74) is 29.6. The molecule has 8 nitrogen and oxygen atoms in total. The summed E-state index contributed by atoms with van der Waals surface area (Å²) in [6.45, 7) is 8.36. The molecule has 14 heteroatoms. The van der Waals surface area contributed by atoms with Crippen LogP contribution in [0.15, 0.2) is 429 Å². The van der Waals surface area contributed by atoms with Gasteiger partial charge in [-0.05, 0) is 242 Å². The summed E-state index contributed by atoms with van der Waals surface area (Å²) >= 11 is 11.2. The zero-order chi connectivity index (χ0) is 88.0. The van der Waals surface area contributed by atoms with E-state index in [9.17, 15) is 0 Å². The first kappa shape index (κ1) is 79.7. The molecule has 11 heterocycles. The first-order valence-corrected chi connectivity index (χ1v) is 48.8. The predicted molar refractivity (Wildman–Crippen MR) is 567 cm³/mol. The van der Waals surface area contributed by atoms with Crippen molar-refractivity contribution in [3.63, 3.8) is 0 Å². The van der Waals surface area contributed by atoms with Gasteiger partial charge in [0.2, 0.25) is 0 Å². The minimum atomic E-state index is -0.353. The Balaban J connectivity index is 0.000000115. The van der Waals surface area contributed by atoms with Gasteiger partial charge in [0.25, 0.3) is 0 Å². The lowest BCUT2D eigenvalue weighted by molar-refractivity contribution is 0.00578. The fourth-order valence-corrected chi connectivity index (χ4v) is 24.9. The van der Waals surface area contributed by atoms with Gasteiger partial charge in [0, 0.05) is 101 Å². The molecule has 1 fully saturated rings. The molecule has 0 radical (unpaired) electrons. The van der Waals surface area contributed by atoms with Gasteiger partial charge in [-0.2, -0.15) is 0 Å². The van der Waals surface area contributed by atoms with Crippen molar-refractivity contribution in [2.24, 2.45) is 0 Å². The lowest BCUT2D eigenvalue weighted by atomic mass is 9.78. The third-order valence-electron chi connectivity index (χ3n) is 26.8. The van der Waals surface area contributed by atoms with Crippen LogP contribution in [-0.4, -0.2) is 45.7 Å². The van der Waals surface area contributed by atoms with E-state index in [0.717, 1.165) is 15.6 Å². The maximum atomic E-state index is 6.27. The molecule has 0 spiro atoms. The fourth-order valence-electron chi connectivity index (χ4n) is 19.8. The van der Waals surface area contributed by atoms with E-state index in [-0.39, 0.29) is 18.3 Å². The van der Waals surface area contributed by atoms with Gasteiger partial charge in [-0.3, -0.25) is 0 Å². The van der Waals surface area contributed by atoms with Crippen molar-refractivity contribution in [2.45, 2.75) is 38.9 Å². The largest absolute Gasteiger partial charge is 0.494 e. The van der Waals surface area contributed by atoms with Crippen LogP contribution in [0.25, 0.3) is 215 Å². The highest BCUT2D eigenvalue weighted by Gasteiger charge is 2.52. The topological polar surface area (TPSA) is 48.0 Å². The molecular weight excluding hydrogens is 1750 g/mol. The summed E-state index contributed by atoms with van der Waals surface area (Å²) < 4.78 is 33.3. The van der Waals surface area contributed by atoms with E-state index in [0.29, 0.717) is 0 Å². The average Bonchev–Trinajstić information content (AvgIpc) is 1.56. The third-order valence-corrected chi connectivity index (χ3v) is 32.3. The smallest absolute Gasteiger partial charge is 0.399 e. The lowest BCUT2D eigenvalue weighted by Crippen LogP contribution is -2.41. The molecule has 0 saturated carbocycles. The van der Waals surface area contributed by atoms with Gasteiger partial charge < -0.3 is 36.7 Å². The number of fused-ring (bicyclic) bond motifs is 18. The average molecular weight is 1830 g/mol. The summed E-state index contributed by atoms with van der Waals surface area (Å²) in [6.07, 6.45) is 0. The molecule has 10 aromatic heterocycles. The van der Waals surface area contributed by atoms with Crippen LogP contribution >= 0.6 is 61.3 Å². The van der Waals surface area contributed by atoms with Crippen molar-refractivity contribution >= 4 is 202 Å². The number of hydrogen-bond acceptors (Lipinski definition) is 6. The first-order valence-electron chi connectivity index (χ1n) is 44.7. The Labute approximate surface area is 787 Å². The molecule has 0 atom stereocenters. The normalized spacial score (nSPS) is 13.2. The molecule has 26 aromatic rings. The number of hydrogen-bond donors (Lipinski definition) is 0. The van der Waals surface area contributed by atoms with Crippen molar-refractivity contribution < 1.29 is 9.31 Å². The Morgan fingerprint density at radius 2 is 0.432 bits per heavy atom. The van der Waals surface area contributed by atoms with Crippen molar-refractivity contribution in [3.05, 3.63) is 429 Å². The van der Waals surface area contributed by atoms with E-state index in [1.165, 1.54) is 209 Å². The van der Waals surface area contributed by atoms with Gasteiger partial charge in [0.15, 0.2) is 0 Å². The minimum absolute atomic E-state index is 0.343. The van der Waals surface area contributed by atoms with Crippen molar-refractivity contribution in [2.75, 3.05) is 0 Å². The Morgan fingerprint density at radius 3 is 0.750 bits per heavy atom. The number of benzene rings is 16. The maximum absolute atomic E-state index is 6.27. The summed E-state index contributed by atoms with van der Waals surface area (Å²) in [6, 6.07) is 154. The molecule has 132 heavy (non-hydrogen) atoms. The third kappa shape index (κ3) is 13.4. The quantitative estimate of drug-likeness (QED) is 0.114. The zero-order valence-electron chi connectivity index (χ0n) is 72.5. The Kier molecular flexibility index (Phi) is 19.3. The van der Waals surface area contributed by atoms with Gasteiger partial charge in [0.05, 0.1) is 96.2 Å². The van der Waals surface area contributed by atoms with E-state index in [1.54, 1.807) is 0 Å². The van der Waals surface area contributed by atoms with Crippen molar-refractivity contribution in [3.8, 4) is 87.0 Å². The van der Waals surface area contributed by atoms with Crippen LogP contribution in [0.5, 0.6) is 0 Å². The second-order valence-corrected chi connectivity index (χ2v) is 40.2. The zero-order valence-corrected chi connectivity index (χ0v) is 77.4. The number of aromatic nitrogens is 6. The molecule has 0 bridgehead atoms. The molecular formula is C118H82BBrN6O2S4. The van der Waals surface area contributed by atoms with E-state index >= 15 is 0 Å². The van der Waals surface area contributed by atoms with Gasteiger partial charge in [0.1, 0.15) is 0 Å². The molecule has 0 N–H and O–H groups in total. The predicted octanol–water partition coefficient (Wildman–Crippen LogP) is 33.3. The fraction of sp³-hybridized carbons (Fsp3) is 0.0508. The lowest BCUT2D eigenvalue weighted by Gasteiger charge is -2.32. The number of nitrogens with zero attached hydrogens (tertiary/aromatic N) is 6. The highest BCUT2D eigenvalue weighted by Crippen LogP contribution is 2.51. The number of thiophene rings is 4. The van der Waals surface area contributed by atoms with Crippen LogP contribution in [-0.2, 0) is 9.31 Å². The maximum Gasteiger partial charge on any atom is 0.494 e. The standard InChI is InChI=1S/C56H35N3S2.C38H23BrN2S2.C24H24BNO2/c1-4-14-40(15-5-1)57-47-22-12-10-20-43(47)45-32-38(28-30-49(45)57)36-24-26-37(27-25-36)53-34-51-55(60-53)56-52(59(51)42-18-8-3-9-19-42)35-54(61-56)39-29-31-50-46(33-39)44-21-11-13-23-48(44)58(50)41-16-6-2-7-17-41;39-26-18-15-24(16-19-26)35-22-33-37(42-35)38-34(41(33)28-11-5-2-6-12-28)23-36(43-38)25-17-20-32-30(21-25)29-13-7-8-14-31(29)40(32)27-9-3-1-4-10-27;1-23(2)24(3,4)28-25(27-23)17-14-15-22-20(16-17)19-12-8-9-13-21(19)26(22)18-10-6-5-7-11-18/h1-35H;1-23H;5-16H,1-4H3. The van der Waals surface area contributed by atoms with E-state index in [2.05, 4.69) is 490 Å². The summed E-state index contributed by atoms with van der Waals surface area (Å²) in [7, 11) is -0.353. The van der Waals surface area contributed by atoms with Crippen LogP contribution in [0.4, 0.5) is 0 Å². The van der Waals surface area contributed by atoms with Gasteiger partial charge in [-0.1, -0.05) is 265 Å². The summed E-state index contributed by atoms with van der Waals surface area (Å²) in [4.78, 5) is 5.12. The highest BCUT2D eigenvalue weighted by atomic mass is 79.9. The second-order valence-electron chi connectivity index (χ2n) is 35.0. The molecule has 1 aliphatic rings. The molecule has 16 aromatic carbocycles. The molecule has 0 aliphatic carbocycles. The molecule has 1 aliphatic heterocycles. The van der Waals surface area contributed by atoms with E-state index < -0.39 is 0 Å². The monoisotopic (exact) mass is 1830 g/mol. The van der Waals surface area contributed by atoms with Crippen LogP contribution in [0.1, 0.15) is 27.7 Å². The van der Waals surface area contributed by atoms with Crippen molar-refractivity contribution in [1.29, 1.82) is 0 Å². The SMILES string of the molecule is Brc1ccc(-c2cc3c(s2)c2sc(-c4ccc5c(c4)c4ccccc4n5-c4ccccc4)cc2n3-c2ccccc2)cc1.CC1(C)OB(c2ccc3c(c2)c2ccccc2n3-c2ccccc2)OC1(C)C.c1ccc(-n2c3ccccc3c3cc(-c4ccc(-c5cc6c(s5)c5sc(-c7ccc8c(c7)c7ccccc7n8-c7ccccc7)cc5n6-c5ccccc5)cc4)ccc32)cc1. The van der Waals surface area contributed by atoms with Crippen LogP contribution in [0.3, 0.4) is 0 Å². The van der Waals surface area contributed by atoms with Gasteiger partial charge in [-0.15, -0.1) is 45.3 Å². The summed E-state index contributed by atoms with van der Waals surface area (Å²) in [5.74, 6) is 0. The first-order chi connectivity index (χ1) is 64.8. The molecule has 0 unspecified atom stereocenters. The number of para-hydroxylation sites is 10. The summed E-state index contributed by atoms with van der Waals surface area (Å²) in [5, 5.41) is 10.1.